The molecule has 0 aliphatic carbocycles. The van der Waals surface area contributed by atoms with Crippen molar-refractivity contribution in [3.05, 3.63) is 11.6 Å². The van der Waals surface area contributed by atoms with Gasteiger partial charge in [-0.05, 0) is 25.8 Å². The van der Waals surface area contributed by atoms with Gasteiger partial charge in [0.2, 0.25) is 0 Å². The van der Waals surface area contributed by atoms with Crippen LogP contribution in [-0.2, 0) is 0 Å². The highest BCUT2D eigenvalue weighted by Crippen LogP contribution is 2.13. The summed E-state index contributed by atoms with van der Waals surface area (Å²) in [7, 11) is 0. The van der Waals surface area contributed by atoms with Gasteiger partial charge < -0.3 is 11.5 Å². The molecule has 0 heterocycles. The number of hydrogen-bond donors (Lipinski definition) is 2. The van der Waals surface area contributed by atoms with E-state index >= 15 is 0 Å². The van der Waals surface area contributed by atoms with Crippen LogP contribution in [0, 0.1) is 5.92 Å². The lowest BCUT2D eigenvalue weighted by Crippen LogP contribution is -2.28. The molecule has 0 radical (unpaired) electrons. The Morgan fingerprint density at radius 1 is 1.45 bits per heavy atom. The summed E-state index contributed by atoms with van der Waals surface area (Å²) in [5.74, 6) is 0.543. The van der Waals surface area contributed by atoms with E-state index in [4.69, 9.17) is 11.5 Å². The molecule has 0 unspecified atom stereocenters. The van der Waals surface area contributed by atoms with E-state index in [1.54, 1.807) is 0 Å². The van der Waals surface area contributed by atoms with Crippen LogP contribution in [0.15, 0.2) is 11.6 Å². The molecule has 0 saturated carbocycles. The quantitative estimate of drug-likeness (QED) is 0.602. The van der Waals surface area contributed by atoms with Crippen LogP contribution in [0.1, 0.15) is 27.2 Å². The lowest BCUT2D eigenvalue weighted by atomic mass is 9.94. The fourth-order valence-electron chi connectivity index (χ4n) is 1.32. The Hall–Kier alpha value is -0.340. The molecule has 0 amide bonds. The Kier molecular flexibility index (Phi) is 5.16. The van der Waals surface area contributed by atoms with Gasteiger partial charge in [0.05, 0.1) is 0 Å². The maximum Gasteiger partial charge on any atom is 0.0268 e. The van der Waals surface area contributed by atoms with Crippen molar-refractivity contribution < 1.29 is 0 Å². The minimum Gasteiger partial charge on any atom is -0.330 e. The average Bonchev–Trinajstić information content (AvgIpc) is 1.88. The molecule has 2 heteroatoms. The first-order chi connectivity index (χ1) is 5.13. The Labute approximate surface area is 69.6 Å². The molecule has 0 aliphatic rings. The maximum absolute atomic E-state index is 5.89. The fraction of sp³-hybridized carbons (Fsp3) is 0.778. The lowest BCUT2D eigenvalue weighted by Gasteiger charge is -2.18. The molecule has 66 valence electrons. The van der Waals surface area contributed by atoms with Crippen LogP contribution in [0.2, 0.25) is 0 Å². The summed E-state index contributed by atoms with van der Waals surface area (Å²) < 4.78 is 0. The summed E-state index contributed by atoms with van der Waals surface area (Å²) >= 11 is 0. The summed E-state index contributed by atoms with van der Waals surface area (Å²) in [6.07, 6.45) is 2.99. The molecule has 0 saturated heterocycles. The van der Waals surface area contributed by atoms with Crippen LogP contribution < -0.4 is 11.5 Å². The second kappa shape index (κ2) is 5.33. The highest BCUT2D eigenvalue weighted by molar-refractivity contribution is 5.11. The average molecular weight is 156 g/mol. The molecule has 0 bridgehead atoms. The number of nitrogens with two attached hydrogens (primary N) is 2. The standard InChI is InChI=1S/C9H20N2/c1-4-8(7(2)3)9(11)5-6-10/h4,7,9H,5-6,10-11H2,1-3H3/b8-4+/t9-/m1/s1. The van der Waals surface area contributed by atoms with Crippen molar-refractivity contribution in [1.82, 2.24) is 0 Å². The molecule has 0 aliphatic heterocycles. The summed E-state index contributed by atoms with van der Waals surface area (Å²) in [5, 5.41) is 0. The first kappa shape index (κ1) is 10.7. The fourth-order valence-corrected chi connectivity index (χ4v) is 1.32. The van der Waals surface area contributed by atoms with E-state index < -0.39 is 0 Å². The van der Waals surface area contributed by atoms with Gasteiger partial charge in [-0.3, -0.25) is 0 Å². The van der Waals surface area contributed by atoms with Crippen LogP contribution >= 0.6 is 0 Å². The van der Waals surface area contributed by atoms with Crippen molar-refractivity contribution in [3.63, 3.8) is 0 Å². The summed E-state index contributed by atoms with van der Waals surface area (Å²) in [6, 6.07) is 0.157. The smallest absolute Gasteiger partial charge is 0.0268 e. The summed E-state index contributed by atoms with van der Waals surface area (Å²) in [4.78, 5) is 0. The molecule has 4 N–H and O–H groups in total. The van der Waals surface area contributed by atoms with Gasteiger partial charge in [-0.15, -0.1) is 0 Å². The van der Waals surface area contributed by atoms with Crippen molar-refractivity contribution in [2.75, 3.05) is 6.54 Å². The van der Waals surface area contributed by atoms with Crippen LogP contribution in [0.5, 0.6) is 0 Å². The Morgan fingerprint density at radius 3 is 2.27 bits per heavy atom. The van der Waals surface area contributed by atoms with E-state index in [1.807, 2.05) is 6.92 Å². The second-order valence-electron chi connectivity index (χ2n) is 3.13. The second-order valence-corrected chi connectivity index (χ2v) is 3.13. The molecule has 1 atom stereocenters. The van der Waals surface area contributed by atoms with Gasteiger partial charge >= 0.3 is 0 Å². The number of allylic oxidation sites excluding steroid dienone is 1. The molecule has 0 fully saturated rings. The van der Waals surface area contributed by atoms with E-state index in [2.05, 4.69) is 19.9 Å². The lowest BCUT2D eigenvalue weighted by molar-refractivity contribution is 0.609. The summed E-state index contributed by atoms with van der Waals surface area (Å²) in [6.45, 7) is 7.02. The minimum atomic E-state index is 0.157. The monoisotopic (exact) mass is 156 g/mol. The van der Waals surface area contributed by atoms with E-state index in [1.165, 1.54) is 5.57 Å². The van der Waals surface area contributed by atoms with Gasteiger partial charge in [0.1, 0.15) is 0 Å². The molecule has 11 heavy (non-hydrogen) atoms. The predicted molar refractivity (Wildman–Crippen MR) is 50.2 cm³/mol. The van der Waals surface area contributed by atoms with Gasteiger partial charge in [0.25, 0.3) is 0 Å². The molecule has 0 rings (SSSR count). The Bertz CT molecular complexity index is 128. The zero-order valence-electron chi connectivity index (χ0n) is 7.80. The Balaban J connectivity index is 4.04. The first-order valence-corrected chi connectivity index (χ1v) is 4.25. The zero-order chi connectivity index (χ0) is 8.85. The topological polar surface area (TPSA) is 52.0 Å². The van der Waals surface area contributed by atoms with Crippen molar-refractivity contribution in [2.45, 2.75) is 33.2 Å². The van der Waals surface area contributed by atoms with Gasteiger partial charge in [-0.25, -0.2) is 0 Å². The Morgan fingerprint density at radius 2 is 2.00 bits per heavy atom. The molecule has 0 spiro atoms. The predicted octanol–water partition coefficient (Wildman–Crippen LogP) is 1.26. The highest BCUT2D eigenvalue weighted by Gasteiger charge is 2.10. The molecule has 0 aromatic heterocycles. The van der Waals surface area contributed by atoms with E-state index in [0.717, 1.165) is 6.42 Å². The molecule has 2 nitrogen and oxygen atoms in total. The first-order valence-electron chi connectivity index (χ1n) is 4.25. The van der Waals surface area contributed by atoms with Crippen LogP contribution in [0.25, 0.3) is 0 Å². The van der Waals surface area contributed by atoms with E-state index in [0.29, 0.717) is 12.5 Å². The number of rotatable bonds is 4. The van der Waals surface area contributed by atoms with Crippen LogP contribution in [0.4, 0.5) is 0 Å². The van der Waals surface area contributed by atoms with Crippen molar-refractivity contribution in [3.8, 4) is 0 Å². The van der Waals surface area contributed by atoms with E-state index in [-0.39, 0.29) is 6.04 Å². The molecular weight excluding hydrogens is 136 g/mol. The highest BCUT2D eigenvalue weighted by atomic mass is 14.7. The van der Waals surface area contributed by atoms with Crippen molar-refractivity contribution in [1.29, 1.82) is 0 Å². The third-order valence-electron chi connectivity index (χ3n) is 1.91. The van der Waals surface area contributed by atoms with Crippen molar-refractivity contribution in [2.24, 2.45) is 17.4 Å². The largest absolute Gasteiger partial charge is 0.330 e. The minimum absolute atomic E-state index is 0.157. The third-order valence-corrected chi connectivity index (χ3v) is 1.91. The van der Waals surface area contributed by atoms with Gasteiger partial charge in [-0.2, -0.15) is 0 Å². The summed E-state index contributed by atoms with van der Waals surface area (Å²) in [5.41, 5.74) is 12.6. The molecule has 0 aromatic carbocycles. The van der Waals surface area contributed by atoms with Gasteiger partial charge in [0.15, 0.2) is 0 Å². The SMILES string of the molecule is C/C=C(\C(C)C)[C@H](N)CCN. The normalized spacial score (nSPS) is 15.6. The maximum atomic E-state index is 5.89. The molecule has 0 aromatic rings. The van der Waals surface area contributed by atoms with E-state index in [9.17, 15) is 0 Å². The van der Waals surface area contributed by atoms with Gasteiger partial charge in [-0.1, -0.05) is 25.5 Å². The van der Waals surface area contributed by atoms with Crippen molar-refractivity contribution >= 4 is 0 Å². The zero-order valence-corrected chi connectivity index (χ0v) is 7.80. The molecular formula is C9H20N2. The van der Waals surface area contributed by atoms with Crippen LogP contribution in [-0.4, -0.2) is 12.6 Å². The third kappa shape index (κ3) is 3.54. The van der Waals surface area contributed by atoms with Gasteiger partial charge in [0, 0.05) is 6.04 Å². The van der Waals surface area contributed by atoms with Crippen LogP contribution in [0.3, 0.4) is 0 Å². The number of hydrogen-bond acceptors (Lipinski definition) is 2.